The van der Waals surface area contributed by atoms with Crippen LogP contribution >= 0.6 is 0 Å². The van der Waals surface area contributed by atoms with Gasteiger partial charge < -0.3 is 4.74 Å². The highest BCUT2D eigenvalue weighted by molar-refractivity contribution is 5.96. The molecule has 0 unspecified atom stereocenters. The number of Topliss-reactive ketones (excluding diaryl/α,β-unsaturated/α-hetero) is 1. The van der Waals surface area contributed by atoms with Crippen molar-refractivity contribution in [3.63, 3.8) is 0 Å². The summed E-state index contributed by atoms with van der Waals surface area (Å²) in [6, 6.07) is 0.337. The van der Waals surface area contributed by atoms with E-state index in [1.165, 1.54) is 0 Å². The summed E-state index contributed by atoms with van der Waals surface area (Å²) in [6.45, 7) is 0.831. The molecule has 0 saturated carbocycles. The summed E-state index contributed by atoms with van der Waals surface area (Å²) < 4.78 is 80.2. The van der Waals surface area contributed by atoms with Crippen LogP contribution in [0.1, 0.15) is 28.4 Å². The molecule has 0 aromatic heterocycles. The van der Waals surface area contributed by atoms with Crippen molar-refractivity contribution in [1.29, 1.82) is 0 Å². The minimum absolute atomic E-state index is 0.116. The first kappa shape index (κ1) is 15.3. The molecule has 0 bridgehead atoms. The number of halogens is 6. The van der Waals surface area contributed by atoms with Gasteiger partial charge >= 0.3 is 12.4 Å². The Balaban J connectivity index is 3.67. The quantitative estimate of drug-likeness (QED) is 0.608. The number of carbonyl (C=O) groups is 1. The van der Waals surface area contributed by atoms with Crippen LogP contribution in [0.5, 0.6) is 5.75 Å². The third-order valence-electron chi connectivity index (χ3n) is 2.33. The summed E-state index contributed by atoms with van der Waals surface area (Å²) in [5.41, 5.74) is -4.07. The van der Waals surface area contributed by atoms with Gasteiger partial charge in [-0.3, -0.25) is 4.79 Å². The van der Waals surface area contributed by atoms with E-state index in [1.807, 2.05) is 0 Å². The molecule has 2 nitrogen and oxygen atoms in total. The molecule has 1 aromatic carbocycles. The van der Waals surface area contributed by atoms with E-state index in [9.17, 15) is 31.1 Å². The number of alkyl halides is 6. The van der Waals surface area contributed by atoms with Gasteiger partial charge in [0, 0.05) is 5.56 Å². The van der Waals surface area contributed by atoms with Crippen LogP contribution in [0.4, 0.5) is 26.3 Å². The van der Waals surface area contributed by atoms with Crippen LogP contribution in [-0.4, -0.2) is 12.9 Å². The zero-order chi connectivity index (χ0) is 15.0. The third-order valence-corrected chi connectivity index (χ3v) is 2.33. The first-order valence-corrected chi connectivity index (χ1v) is 4.86. The van der Waals surface area contributed by atoms with Gasteiger partial charge in [0.05, 0.1) is 18.2 Å². The minimum Gasteiger partial charge on any atom is -0.496 e. The third kappa shape index (κ3) is 3.18. The molecule has 0 spiro atoms. The molecule has 0 aliphatic rings. The highest BCUT2D eigenvalue weighted by atomic mass is 19.4. The zero-order valence-corrected chi connectivity index (χ0v) is 9.74. The Morgan fingerprint density at radius 1 is 1.00 bits per heavy atom. The summed E-state index contributed by atoms with van der Waals surface area (Å²) in [6.07, 6.45) is -10.1. The Bertz CT molecular complexity index is 501. The van der Waals surface area contributed by atoms with Crippen molar-refractivity contribution in [3.05, 3.63) is 28.8 Å². The largest absolute Gasteiger partial charge is 0.496 e. The standard InChI is InChI=1S/C11H8F6O2/c1-5(18)6-3-9(19-2)8(11(15,16)17)4-7(6)10(12,13)14/h3-4H,1-2H3. The van der Waals surface area contributed by atoms with Crippen molar-refractivity contribution >= 4 is 5.78 Å². The van der Waals surface area contributed by atoms with Gasteiger partial charge in [0.25, 0.3) is 0 Å². The number of benzene rings is 1. The van der Waals surface area contributed by atoms with Crippen molar-refractivity contribution in [3.8, 4) is 5.75 Å². The predicted molar refractivity (Wildman–Crippen MR) is 53.0 cm³/mol. The molecule has 0 N–H and O–H groups in total. The Labute approximate surface area is 104 Å². The van der Waals surface area contributed by atoms with Gasteiger partial charge in [0.2, 0.25) is 0 Å². The van der Waals surface area contributed by atoms with Crippen LogP contribution in [0, 0.1) is 0 Å². The zero-order valence-electron chi connectivity index (χ0n) is 9.74. The maximum absolute atomic E-state index is 12.7. The monoisotopic (exact) mass is 286 g/mol. The van der Waals surface area contributed by atoms with Crippen molar-refractivity contribution in [2.45, 2.75) is 19.3 Å². The molecule has 0 heterocycles. The second-order valence-electron chi connectivity index (χ2n) is 3.65. The topological polar surface area (TPSA) is 26.3 Å². The highest BCUT2D eigenvalue weighted by Crippen LogP contribution is 2.42. The molecular formula is C11H8F6O2. The van der Waals surface area contributed by atoms with Gasteiger partial charge in [-0.1, -0.05) is 0 Å². The molecule has 0 saturated heterocycles. The van der Waals surface area contributed by atoms with Crippen molar-refractivity contribution < 1.29 is 35.9 Å². The molecule has 106 valence electrons. The summed E-state index contributed by atoms with van der Waals surface area (Å²) in [4.78, 5) is 11.1. The van der Waals surface area contributed by atoms with E-state index in [4.69, 9.17) is 0 Å². The van der Waals surface area contributed by atoms with E-state index >= 15 is 0 Å². The molecule has 0 atom stereocenters. The molecule has 0 amide bonds. The summed E-state index contributed by atoms with van der Waals surface area (Å²) in [5.74, 6) is -1.83. The summed E-state index contributed by atoms with van der Waals surface area (Å²) >= 11 is 0. The maximum Gasteiger partial charge on any atom is 0.419 e. The lowest BCUT2D eigenvalue weighted by atomic mass is 9.99. The van der Waals surface area contributed by atoms with E-state index in [1.54, 1.807) is 0 Å². The molecule has 0 radical (unpaired) electrons. The van der Waals surface area contributed by atoms with Crippen molar-refractivity contribution in [2.75, 3.05) is 7.11 Å². The van der Waals surface area contributed by atoms with Crippen LogP contribution in [0.25, 0.3) is 0 Å². The minimum atomic E-state index is -5.06. The fraction of sp³-hybridized carbons (Fsp3) is 0.364. The van der Waals surface area contributed by atoms with E-state index < -0.39 is 40.6 Å². The molecule has 1 rings (SSSR count). The number of hydrogen-bond acceptors (Lipinski definition) is 2. The Kier molecular flexibility index (Phi) is 3.83. The first-order chi connectivity index (χ1) is 8.48. The average Bonchev–Trinajstić information content (AvgIpc) is 2.24. The lowest BCUT2D eigenvalue weighted by Gasteiger charge is -2.17. The fourth-order valence-corrected chi connectivity index (χ4v) is 1.50. The second-order valence-corrected chi connectivity index (χ2v) is 3.65. The van der Waals surface area contributed by atoms with Gasteiger partial charge in [-0.05, 0) is 19.1 Å². The van der Waals surface area contributed by atoms with Crippen molar-refractivity contribution in [1.82, 2.24) is 0 Å². The van der Waals surface area contributed by atoms with Crippen LogP contribution in [0.15, 0.2) is 12.1 Å². The molecule has 0 aliphatic heterocycles. The second kappa shape index (κ2) is 4.75. The van der Waals surface area contributed by atoms with Gasteiger partial charge in [0.1, 0.15) is 5.75 Å². The maximum atomic E-state index is 12.7. The molecule has 0 aliphatic carbocycles. The first-order valence-electron chi connectivity index (χ1n) is 4.86. The molecule has 19 heavy (non-hydrogen) atoms. The van der Waals surface area contributed by atoms with Crippen LogP contribution in [0.3, 0.4) is 0 Å². The lowest BCUT2D eigenvalue weighted by molar-refractivity contribution is -0.144. The SMILES string of the molecule is COc1cc(C(C)=O)c(C(F)(F)F)cc1C(F)(F)F. The van der Waals surface area contributed by atoms with E-state index in [0.717, 1.165) is 14.0 Å². The van der Waals surface area contributed by atoms with Crippen molar-refractivity contribution in [2.24, 2.45) is 0 Å². The lowest BCUT2D eigenvalue weighted by Crippen LogP contribution is -2.16. The van der Waals surface area contributed by atoms with Gasteiger partial charge in [-0.2, -0.15) is 26.3 Å². The van der Waals surface area contributed by atoms with Crippen LogP contribution < -0.4 is 4.74 Å². The van der Waals surface area contributed by atoms with Crippen LogP contribution in [-0.2, 0) is 12.4 Å². The molecular weight excluding hydrogens is 278 g/mol. The Morgan fingerprint density at radius 3 is 1.79 bits per heavy atom. The molecule has 0 fully saturated rings. The van der Waals surface area contributed by atoms with E-state index in [-0.39, 0.29) is 6.07 Å². The smallest absolute Gasteiger partial charge is 0.419 e. The summed E-state index contributed by atoms with van der Waals surface area (Å²) in [7, 11) is 0.877. The number of rotatable bonds is 2. The number of ether oxygens (including phenoxy) is 1. The highest BCUT2D eigenvalue weighted by Gasteiger charge is 2.41. The number of hydrogen-bond donors (Lipinski definition) is 0. The normalized spacial score (nSPS) is 12.4. The van der Waals surface area contributed by atoms with Gasteiger partial charge in [0.15, 0.2) is 5.78 Å². The number of methoxy groups -OCH3 is 1. The molecule has 1 aromatic rings. The van der Waals surface area contributed by atoms with Gasteiger partial charge in [-0.15, -0.1) is 0 Å². The fourth-order valence-electron chi connectivity index (χ4n) is 1.50. The van der Waals surface area contributed by atoms with E-state index in [2.05, 4.69) is 4.74 Å². The van der Waals surface area contributed by atoms with Crippen LogP contribution in [0.2, 0.25) is 0 Å². The Hall–Kier alpha value is -1.73. The number of carbonyl (C=O) groups excluding carboxylic acids is 1. The Morgan fingerprint density at radius 2 is 1.47 bits per heavy atom. The van der Waals surface area contributed by atoms with E-state index in [0.29, 0.717) is 6.07 Å². The molecule has 8 heteroatoms. The average molecular weight is 286 g/mol. The predicted octanol–water partition coefficient (Wildman–Crippen LogP) is 3.94. The summed E-state index contributed by atoms with van der Waals surface area (Å²) in [5, 5.41) is 0. The van der Waals surface area contributed by atoms with Gasteiger partial charge in [-0.25, -0.2) is 0 Å². The number of ketones is 1.